The molecule has 7 heteroatoms. The molecule has 104 valence electrons. The Morgan fingerprint density at radius 3 is 2.89 bits per heavy atom. The third-order valence-electron chi connectivity index (χ3n) is 2.54. The van der Waals surface area contributed by atoms with E-state index in [2.05, 4.69) is 5.43 Å². The normalized spacial score (nSPS) is 14.8. The van der Waals surface area contributed by atoms with Gasteiger partial charge in [0.1, 0.15) is 18.5 Å². The molecule has 19 heavy (non-hydrogen) atoms. The molecular formula is C12H16N2O4S. The van der Waals surface area contributed by atoms with Gasteiger partial charge in [-0.15, -0.1) is 11.8 Å². The average molecular weight is 284 g/mol. The molecule has 0 aliphatic carbocycles. The van der Waals surface area contributed by atoms with E-state index in [9.17, 15) is 4.79 Å². The van der Waals surface area contributed by atoms with E-state index in [0.717, 1.165) is 10.6 Å². The molecule has 0 spiro atoms. The van der Waals surface area contributed by atoms with Gasteiger partial charge in [-0.2, -0.15) is 0 Å². The Hall–Kier alpha value is -1.44. The fraction of sp³-hybridized carbons (Fsp3) is 0.417. The zero-order chi connectivity index (χ0) is 13.7. The van der Waals surface area contributed by atoms with Crippen molar-refractivity contribution in [2.45, 2.75) is 10.1 Å². The van der Waals surface area contributed by atoms with Crippen molar-refractivity contribution in [2.75, 3.05) is 26.9 Å². The van der Waals surface area contributed by atoms with E-state index in [4.69, 9.17) is 20.1 Å². The molecule has 1 aromatic rings. The van der Waals surface area contributed by atoms with Gasteiger partial charge >= 0.3 is 0 Å². The molecule has 1 aliphatic rings. The van der Waals surface area contributed by atoms with E-state index in [1.807, 2.05) is 18.2 Å². The van der Waals surface area contributed by atoms with Gasteiger partial charge in [0, 0.05) is 12.0 Å². The lowest BCUT2D eigenvalue weighted by Gasteiger charge is -2.20. The average Bonchev–Trinajstić information content (AvgIpc) is 2.46. The lowest BCUT2D eigenvalue weighted by atomic mass is 10.3. The van der Waals surface area contributed by atoms with E-state index in [0.29, 0.717) is 19.0 Å². The number of methoxy groups -OCH3 is 1. The summed E-state index contributed by atoms with van der Waals surface area (Å²) in [5.41, 5.74) is 2.14. The van der Waals surface area contributed by atoms with Crippen molar-refractivity contribution in [1.82, 2.24) is 5.43 Å². The molecule has 0 aromatic heterocycles. The smallest absolute Gasteiger partial charge is 0.249 e. The highest BCUT2D eigenvalue weighted by molar-refractivity contribution is 8.00. The number of rotatable bonds is 5. The Morgan fingerprint density at radius 2 is 2.21 bits per heavy atom. The van der Waals surface area contributed by atoms with Crippen molar-refractivity contribution in [2.24, 2.45) is 5.84 Å². The van der Waals surface area contributed by atoms with Gasteiger partial charge in [-0.1, -0.05) is 0 Å². The number of amides is 1. The van der Waals surface area contributed by atoms with Crippen molar-refractivity contribution in [3.63, 3.8) is 0 Å². The topological polar surface area (TPSA) is 82.8 Å². The predicted molar refractivity (Wildman–Crippen MR) is 71.3 cm³/mol. The molecule has 1 aliphatic heterocycles. The minimum atomic E-state index is -0.405. The summed E-state index contributed by atoms with van der Waals surface area (Å²) in [6.07, 6.45) is 0. The maximum atomic E-state index is 11.6. The van der Waals surface area contributed by atoms with Crippen LogP contribution in [0.25, 0.3) is 0 Å². The number of thioether (sulfide) groups is 1. The molecule has 0 fully saturated rings. The molecule has 1 unspecified atom stereocenters. The fourth-order valence-electron chi connectivity index (χ4n) is 1.67. The minimum Gasteiger partial charge on any atom is -0.486 e. The van der Waals surface area contributed by atoms with Crippen LogP contribution in [0, 0.1) is 0 Å². The molecule has 1 aromatic carbocycles. The van der Waals surface area contributed by atoms with Crippen molar-refractivity contribution >= 4 is 17.7 Å². The van der Waals surface area contributed by atoms with Crippen LogP contribution < -0.4 is 20.7 Å². The highest BCUT2D eigenvalue weighted by Crippen LogP contribution is 2.35. The van der Waals surface area contributed by atoms with Crippen LogP contribution in [-0.4, -0.2) is 38.1 Å². The standard InChI is InChI=1S/C12H16N2O4S/c1-16-7-11(12(15)14-13)19-8-2-3-9-10(6-8)18-5-4-17-9/h2-3,6,11H,4-5,7,13H2,1H3,(H,14,15). The van der Waals surface area contributed by atoms with Gasteiger partial charge in [0.25, 0.3) is 0 Å². The summed E-state index contributed by atoms with van der Waals surface area (Å²) in [4.78, 5) is 12.5. The van der Waals surface area contributed by atoms with E-state index < -0.39 is 5.25 Å². The number of benzene rings is 1. The summed E-state index contributed by atoms with van der Waals surface area (Å²) in [6, 6.07) is 5.57. The second-order valence-electron chi connectivity index (χ2n) is 3.88. The summed E-state index contributed by atoms with van der Waals surface area (Å²) in [6.45, 7) is 1.37. The second kappa shape index (κ2) is 6.65. The predicted octanol–water partition coefficient (Wildman–Crippen LogP) is 0.555. The van der Waals surface area contributed by atoms with Crippen LogP contribution in [0.15, 0.2) is 23.1 Å². The van der Waals surface area contributed by atoms with Gasteiger partial charge in [-0.05, 0) is 18.2 Å². The zero-order valence-corrected chi connectivity index (χ0v) is 11.4. The van der Waals surface area contributed by atoms with Crippen LogP contribution in [0.1, 0.15) is 0 Å². The molecule has 2 rings (SSSR count). The van der Waals surface area contributed by atoms with Gasteiger partial charge in [0.2, 0.25) is 5.91 Å². The lowest BCUT2D eigenvalue weighted by Crippen LogP contribution is -2.39. The van der Waals surface area contributed by atoms with E-state index in [1.54, 1.807) is 7.11 Å². The molecule has 0 bridgehead atoms. The highest BCUT2D eigenvalue weighted by atomic mass is 32.2. The monoisotopic (exact) mass is 284 g/mol. The molecular weight excluding hydrogens is 268 g/mol. The third-order valence-corrected chi connectivity index (χ3v) is 3.71. The van der Waals surface area contributed by atoms with E-state index >= 15 is 0 Å². The number of nitrogens with one attached hydrogen (secondary N) is 1. The molecule has 1 atom stereocenters. The second-order valence-corrected chi connectivity index (χ2v) is 5.15. The van der Waals surface area contributed by atoms with E-state index in [-0.39, 0.29) is 12.5 Å². The Labute approximate surface area is 115 Å². The highest BCUT2D eigenvalue weighted by Gasteiger charge is 2.20. The number of fused-ring (bicyclic) bond motifs is 1. The SMILES string of the molecule is COCC(Sc1ccc2c(c1)OCCO2)C(=O)NN. The van der Waals surface area contributed by atoms with Gasteiger partial charge in [-0.3, -0.25) is 10.2 Å². The Balaban J connectivity index is 2.10. The zero-order valence-electron chi connectivity index (χ0n) is 10.5. The number of carbonyl (C=O) groups excluding carboxylic acids is 1. The first-order valence-electron chi connectivity index (χ1n) is 5.80. The summed E-state index contributed by atoms with van der Waals surface area (Å²) in [7, 11) is 1.54. The van der Waals surface area contributed by atoms with E-state index in [1.165, 1.54) is 11.8 Å². The van der Waals surface area contributed by atoms with Crippen molar-refractivity contribution in [3.05, 3.63) is 18.2 Å². The van der Waals surface area contributed by atoms with Crippen LogP contribution in [0.4, 0.5) is 0 Å². The van der Waals surface area contributed by atoms with Crippen molar-refractivity contribution < 1.29 is 19.0 Å². The molecule has 0 saturated heterocycles. The number of hydrogen-bond acceptors (Lipinski definition) is 6. The fourth-order valence-corrected chi connectivity index (χ4v) is 2.70. The first kappa shape index (κ1) is 14.0. The Kier molecular flexibility index (Phi) is 4.89. The summed E-state index contributed by atoms with van der Waals surface area (Å²) < 4.78 is 16.0. The summed E-state index contributed by atoms with van der Waals surface area (Å²) >= 11 is 1.37. The van der Waals surface area contributed by atoms with Crippen LogP contribution in [0.5, 0.6) is 11.5 Å². The number of carbonyl (C=O) groups is 1. The van der Waals surface area contributed by atoms with Crippen LogP contribution in [0.2, 0.25) is 0 Å². The lowest BCUT2D eigenvalue weighted by molar-refractivity contribution is -0.121. The Morgan fingerprint density at radius 1 is 1.47 bits per heavy atom. The van der Waals surface area contributed by atoms with Gasteiger partial charge < -0.3 is 14.2 Å². The summed E-state index contributed by atoms with van der Waals surface area (Å²) in [5.74, 6) is 6.30. The van der Waals surface area contributed by atoms with Gasteiger partial charge in [-0.25, -0.2) is 5.84 Å². The molecule has 3 N–H and O–H groups in total. The maximum Gasteiger partial charge on any atom is 0.249 e. The Bertz CT molecular complexity index is 455. The molecule has 6 nitrogen and oxygen atoms in total. The molecule has 1 amide bonds. The molecule has 1 heterocycles. The molecule has 0 saturated carbocycles. The van der Waals surface area contributed by atoms with Gasteiger partial charge in [0.15, 0.2) is 11.5 Å². The summed E-state index contributed by atoms with van der Waals surface area (Å²) in [5, 5.41) is -0.405. The quantitative estimate of drug-likeness (QED) is 0.356. The minimum absolute atomic E-state index is 0.276. The van der Waals surface area contributed by atoms with Crippen molar-refractivity contribution in [3.8, 4) is 11.5 Å². The number of hydrazine groups is 1. The van der Waals surface area contributed by atoms with Crippen LogP contribution >= 0.6 is 11.8 Å². The maximum absolute atomic E-state index is 11.6. The van der Waals surface area contributed by atoms with Crippen molar-refractivity contribution in [1.29, 1.82) is 0 Å². The largest absolute Gasteiger partial charge is 0.486 e. The van der Waals surface area contributed by atoms with Crippen LogP contribution in [-0.2, 0) is 9.53 Å². The first-order chi connectivity index (χ1) is 9.24. The first-order valence-corrected chi connectivity index (χ1v) is 6.68. The number of nitrogens with two attached hydrogens (primary N) is 1. The third kappa shape index (κ3) is 3.52. The number of ether oxygens (including phenoxy) is 3. The number of hydrogen-bond donors (Lipinski definition) is 2. The van der Waals surface area contributed by atoms with Crippen LogP contribution in [0.3, 0.4) is 0 Å². The van der Waals surface area contributed by atoms with Gasteiger partial charge in [0.05, 0.1) is 6.61 Å². The molecule has 0 radical (unpaired) electrons.